The summed E-state index contributed by atoms with van der Waals surface area (Å²) in [5, 5.41) is 13.4. The van der Waals surface area contributed by atoms with Crippen LogP contribution in [0.2, 0.25) is 0 Å². The Balaban J connectivity index is 1.55. The molecule has 142 valence electrons. The van der Waals surface area contributed by atoms with Crippen LogP contribution in [-0.4, -0.2) is 34.8 Å². The Morgan fingerprint density at radius 2 is 2.07 bits per heavy atom. The van der Waals surface area contributed by atoms with Crippen molar-refractivity contribution >= 4 is 17.6 Å². The van der Waals surface area contributed by atoms with Crippen LogP contribution in [0.3, 0.4) is 0 Å². The van der Waals surface area contributed by atoms with Crippen LogP contribution in [0.15, 0.2) is 30.5 Å². The number of hydrogen-bond donors (Lipinski definition) is 1. The first kappa shape index (κ1) is 18.2. The van der Waals surface area contributed by atoms with E-state index in [1.54, 1.807) is 25.1 Å². The molecule has 1 aliphatic heterocycles. The third-order valence-corrected chi connectivity index (χ3v) is 4.02. The first-order valence-electron chi connectivity index (χ1n) is 8.02. The Bertz CT molecular complexity index is 906. The van der Waals surface area contributed by atoms with Crippen molar-refractivity contribution in [1.82, 2.24) is 9.88 Å². The molecule has 1 N–H and O–H groups in total. The summed E-state index contributed by atoms with van der Waals surface area (Å²) in [5.41, 5.74) is 0.556. The molecule has 10 heteroatoms. The molecule has 10 nitrogen and oxygen atoms in total. The number of nitrogens with one attached hydrogen (secondary N) is 1. The third-order valence-electron chi connectivity index (χ3n) is 4.02. The summed E-state index contributed by atoms with van der Waals surface area (Å²) >= 11 is 0. The van der Waals surface area contributed by atoms with E-state index in [2.05, 4.69) is 5.32 Å². The maximum atomic E-state index is 12.0. The summed E-state index contributed by atoms with van der Waals surface area (Å²) in [7, 11) is 1.48. The molecule has 1 aromatic carbocycles. The molecule has 0 bridgehead atoms. The average Bonchev–Trinajstić information content (AvgIpc) is 3.25. The minimum Gasteiger partial charge on any atom is -0.454 e. The minimum atomic E-state index is -0.823. The Morgan fingerprint density at radius 1 is 1.33 bits per heavy atom. The van der Waals surface area contributed by atoms with Crippen molar-refractivity contribution in [2.24, 2.45) is 7.05 Å². The number of carbonyl (C=O) groups is 2. The lowest BCUT2D eigenvalue weighted by Gasteiger charge is -2.15. The van der Waals surface area contributed by atoms with Gasteiger partial charge in [0.15, 0.2) is 18.1 Å². The van der Waals surface area contributed by atoms with Gasteiger partial charge in [-0.1, -0.05) is 6.07 Å². The Labute approximate surface area is 153 Å². The van der Waals surface area contributed by atoms with E-state index < -0.39 is 23.4 Å². The molecule has 1 aliphatic rings. The van der Waals surface area contributed by atoms with Gasteiger partial charge in [-0.15, -0.1) is 0 Å². The predicted octanol–water partition coefficient (Wildman–Crippen LogP) is 1.70. The van der Waals surface area contributed by atoms with Crippen molar-refractivity contribution in [3.05, 3.63) is 51.8 Å². The number of carbonyl (C=O) groups excluding carboxylic acids is 2. The summed E-state index contributed by atoms with van der Waals surface area (Å²) in [4.78, 5) is 34.2. The van der Waals surface area contributed by atoms with E-state index in [1.165, 1.54) is 17.8 Å². The zero-order valence-corrected chi connectivity index (χ0v) is 14.6. The standard InChI is InChI=1S/C17H17N3O7/c1-10(11-3-4-14-15(5-11)27-9-26-14)18-16(21)8-25-17(22)13-6-12(20(23)24)7-19(13)2/h3-7,10H,8-9H2,1-2H3,(H,18,21). The number of nitro groups is 1. The molecule has 27 heavy (non-hydrogen) atoms. The van der Waals surface area contributed by atoms with Gasteiger partial charge < -0.3 is 24.1 Å². The number of benzene rings is 1. The van der Waals surface area contributed by atoms with Gasteiger partial charge in [-0.3, -0.25) is 14.9 Å². The number of amides is 1. The summed E-state index contributed by atoms with van der Waals surface area (Å²) in [6.07, 6.45) is 1.19. The number of aryl methyl sites for hydroxylation is 1. The van der Waals surface area contributed by atoms with E-state index in [1.807, 2.05) is 0 Å². The van der Waals surface area contributed by atoms with E-state index in [4.69, 9.17) is 14.2 Å². The fourth-order valence-corrected chi connectivity index (χ4v) is 2.60. The van der Waals surface area contributed by atoms with Crippen molar-refractivity contribution in [2.45, 2.75) is 13.0 Å². The van der Waals surface area contributed by atoms with Crippen molar-refractivity contribution in [1.29, 1.82) is 0 Å². The van der Waals surface area contributed by atoms with Crippen molar-refractivity contribution in [2.75, 3.05) is 13.4 Å². The quantitative estimate of drug-likeness (QED) is 0.463. The average molecular weight is 375 g/mol. The maximum absolute atomic E-state index is 12.0. The number of esters is 1. The van der Waals surface area contributed by atoms with Crippen LogP contribution in [-0.2, 0) is 16.6 Å². The Kier molecular flexibility index (Phi) is 4.97. The summed E-state index contributed by atoms with van der Waals surface area (Å²) in [6.45, 7) is 1.43. The van der Waals surface area contributed by atoms with Crippen molar-refractivity contribution < 1.29 is 28.7 Å². The molecular formula is C17H17N3O7. The van der Waals surface area contributed by atoms with Gasteiger partial charge in [-0.05, 0) is 24.6 Å². The second-order valence-corrected chi connectivity index (χ2v) is 5.93. The molecule has 2 aromatic rings. The lowest BCUT2D eigenvalue weighted by molar-refractivity contribution is -0.384. The molecule has 0 fully saturated rings. The molecular weight excluding hydrogens is 358 g/mol. The Morgan fingerprint density at radius 3 is 2.78 bits per heavy atom. The summed E-state index contributed by atoms with van der Waals surface area (Å²) < 4.78 is 16.7. The van der Waals surface area contributed by atoms with Gasteiger partial charge in [-0.25, -0.2) is 4.79 Å². The first-order valence-corrected chi connectivity index (χ1v) is 8.02. The minimum absolute atomic E-state index is 0.0154. The maximum Gasteiger partial charge on any atom is 0.355 e. The normalized spacial score (nSPS) is 13.1. The van der Waals surface area contributed by atoms with E-state index in [0.717, 1.165) is 11.6 Å². The molecule has 1 unspecified atom stereocenters. The van der Waals surface area contributed by atoms with Crippen molar-refractivity contribution in [3.63, 3.8) is 0 Å². The van der Waals surface area contributed by atoms with Crippen molar-refractivity contribution in [3.8, 4) is 11.5 Å². The van der Waals surface area contributed by atoms with Crippen LogP contribution in [0.5, 0.6) is 11.5 Å². The number of rotatable bonds is 6. The van der Waals surface area contributed by atoms with Crippen LogP contribution in [0.1, 0.15) is 29.0 Å². The fourth-order valence-electron chi connectivity index (χ4n) is 2.60. The number of nitrogens with zero attached hydrogens (tertiary/aromatic N) is 2. The SMILES string of the molecule is CC(NC(=O)COC(=O)c1cc([N+](=O)[O-])cn1C)c1ccc2c(c1)OCO2. The molecule has 1 atom stereocenters. The second kappa shape index (κ2) is 7.36. The number of ether oxygens (including phenoxy) is 3. The molecule has 0 saturated heterocycles. The van der Waals surface area contributed by atoms with Gasteiger partial charge in [0.05, 0.1) is 17.2 Å². The van der Waals surface area contributed by atoms with Crippen LogP contribution in [0.4, 0.5) is 5.69 Å². The summed E-state index contributed by atoms with van der Waals surface area (Å²) in [6, 6.07) is 6.07. The smallest absolute Gasteiger partial charge is 0.355 e. The van der Waals surface area contributed by atoms with E-state index in [0.29, 0.717) is 11.5 Å². The molecule has 1 amide bonds. The topological polar surface area (TPSA) is 122 Å². The van der Waals surface area contributed by atoms with Crippen LogP contribution in [0, 0.1) is 10.1 Å². The molecule has 1 aromatic heterocycles. The third kappa shape index (κ3) is 4.00. The van der Waals surface area contributed by atoms with Gasteiger partial charge in [0.25, 0.3) is 11.6 Å². The number of aromatic nitrogens is 1. The molecule has 0 saturated carbocycles. The summed E-state index contributed by atoms with van der Waals surface area (Å²) in [5.74, 6) is -0.0816. The van der Waals surface area contributed by atoms with E-state index in [9.17, 15) is 19.7 Å². The van der Waals surface area contributed by atoms with Crippen LogP contribution in [0.25, 0.3) is 0 Å². The lowest BCUT2D eigenvalue weighted by Crippen LogP contribution is -2.31. The van der Waals surface area contributed by atoms with Crippen LogP contribution >= 0.6 is 0 Å². The zero-order chi connectivity index (χ0) is 19.6. The zero-order valence-electron chi connectivity index (χ0n) is 14.6. The highest BCUT2D eigenvalue weighted by Crippen LogP contribution is 2.34. The first-order chi connectivity index (χ1) is 12.8. The van der Waals surface area contributed by atoms with Gasteiger partial charge >= 0.3 is 5.97 Å². The highest BCUT2D eigenvalue weighted by molar-refractivity contribution is 5.90. The number of fused-ring (bicyclic) bond motifs is 1. The van der Waals surface area contributed by atoms with Gasteiger partial charge in [-0.2, -0.15) is 0 Å². The van der Waals surface area contributed by atoms with E-state index >= 15 is 0 Å². The van der Waals surface area contributed by atoms with E-state index in [-0.39, 0.29) is 24.2 Å². The molecule has 0 radical (unpaired) electrons. The van der Waals surface area contributed by atoms with Gasteiger partial charge in [0.2, 0.25) is 6.79 Å². The predicted molar refractivity (Wildman–Crippen MR) is 91.5 cm³/mol. The molecule has 3 rings (SSSR count). The fraction of sp³-hybridized carbons (Fsp3) is 0.294. The van der Waals surface area contributed by atoms with Gasteiger partial charge in [0.1, 0.15) is 5.69 Å². The monoisotopic (exact) mass is 375 g/mol. The highest BCUT2D eigenvalue weighted by atomic mass is 16.7. The second-order valence-electron chi connectivity index (χ2n) is 5.93. The van der Waals surface area contributed by atoms with Gasteiger partial charge in [0, 0.05) is 13.1 Å². The lowest BCUT2D eigenvalue weighted by atomic mass is 10.1. The molecule has 0 aliphatic carbocycles. The largest absolute Gasteiger partial charge is 0.454 e. The number of hydrogen-bond acceptors (Lipinski definition) is 7. The van der Waals surface area contributed by atoms with Crippen LogP contribution < -0.4 is 14.8 Å². The highest BCUT2D eigenvalue weighted by Gasteiger charge is 2.21. The molecule has 2 heterocycles. The molecule has 0 spiro atoms. The Hall–Kier alpha value is -3.56.